The zero-order chi connectivity index (χ0) is 14.5. The summed E-state index contributed by atoms with van der Waals surface area (Å²) in [6.07, 6.45) is 0. The van der Waals surface area contributed by atoms with Gasteiger partial charge in [-0.1, -0.05) is 18.2 Å². The quantitative estimate of drug-likeness (QED) is 0.918. The van der Waals surface area contributed by atoms with Crippen molar-refractivity contribution in [3.63, 3.8) is 0 Å². The molecule has 5 nitrogen and oxygen atoms in total. The lowest BCUT2D eigenvalue weighted by Crippen LogP contribution is -2.26. The third-order valence-corrected chi connectivity index (χ3v) is 3.44. The van der Waals surface area contributed by atoms with Gasteiger partial charge in [0.2, 0.25) is 0 Å². The van der Waals surface area contributed by atoms with E-state index < -0.39 is 0 Å². The number of hydrogen-bond donors (Lipinski definition) is 1. The van der Waals surface area contributed by atoms with Crippen LogP contribution in [0.3, 0.4) is 0 Å². The fourth-order valence-corrected chi connectivity index (χ4v) is 2.38. The maximum absolute atomic E-state index is 12.2. The Morgan fingerprint density at radius 1 is 1.45 bits per heavy atom. The number of carbonyl (C=O) groups is 1. The zero-order valence-corrected chi connectivity index (χ0v) is 12.3. The number of carbonyl (C=O) groups excluding carboxylic acids is 1. The number of anilines is 1. The highest BCUT2D eigenvalue weighted by Gasteiger charge is 2.16. The molecule has 1 aromatic heterocycles. The number of para-hydroxylation sites is 1. The van der Waals surface area contributed by atoms with Gasteiger partial charge in [0.15, 0.2) is 5.13 Å². The second-order valence-electron chi connectivity index (χ2n) is 4.27. The number of nitrogen functional groups attached to an aromatic ring is 1. The van der Waals surface area contributed by atoms with Gasteiger partial charge >= 0.3 is 0 Å². The molecule has 0 aliphatic rings. The summed E-state index contributed by atoms with van der Waals surface area (Å²) in [6, 6.07) is 7.69. The summed E-state index contributed by atoms with van der Waals surface area (Å²) in [6.45, 7) is 2.99. The Morgan fingerprint density at radius 2 is 2.20 bits per heavy atom. The number of aromatic nitrogens is 1. The SMILES string of the molecule is CCOc1ccccc1CN(C)C(=O)c1csc(N)n1. The van der Waals surface area contributed by atoms with E-state index in [2.05, 4.69) is 4.98 Å². The van der Waals surface area contributed by atoms with Crippen LogP contribution in [0.15, 0.2) is 29.6 Å². The Labute approximate surface area is 122 Å². The highest BCUT2D eigenvalue weighted by molar-refractivity contribution is 7.13. The molecule has 6 heteroatoms. The predicted octanol–water partition coefficient (Wildman–Crippen LogP) is 2.40. The molecular weight excluding hydrogens is 274 g/mol. The number of nitrogens with zero attached hydrogens (tertiary/aromatic N) is 2. The molecule has 0 spiro atoms. The first-order valence-corrected chi connectivity index (χ1v) is 7.17. The van der Waals surface area contributed by atoms with E-state index in [0.717, 1.165) is 11.3 Å². The van der Waals surface area contributed by atoms with Gasteiger partial charge < -0.3 is 15.4 Å². The fraction of sp³-hybridized carbons (Fsp3) is 0.286. The van der Waals surface area contributed by atoms with E-state index >= 15 is 0 Å². The molecule has 106 valence electrons. The number of benzene rings is 1. The van der Waals surface area contributed by atoms with Crippen LogP contribution in [0.4, 0.5) is 5.13 Å². The number of ether oxygens (including phenoxy) is 1. The van der Waals surface area contributed by atoms with Gasteiger partial charge in [-0.3, -0.25) is 4.79 Å². The topological polar surface area (TPSA) is 68.5 Å². The van der Waals surface area contributed by atoms with Crippen LogP contribution in [-0.2, 0) is 6.54 Å². The second kappa shape index (κ2) is 6.38. The van der Waals surface area contributed by atoms with Gasteiger partial charge in [0.05, 0.1) is 6.61 Å². The molecule has 1 aromatic carbocycles. The van der Waals surface area contributed by atoms with E-state index in [0.29, 0.717) is 24.0 Å². The first-order valence-electron chi connectivity index (χ1n) is 6.29. The van der Waals surface area contributed by atoms with Crippen molar-refractivity contribution in [3.8, 4) is 5.75 Å². The van der Waals surface area contributed by atoms with E-state index in [1.807, 2.05) is 31.2 Å². The van der Waals surface area contributed by atoms with Gasteiger partial charge in [-0.05, 0) is 13.0 Å². The molecule has 20 heavy (non-hydrogen) atoms. The lowest BCUT2D eigenvalue weighted by molar-refractivity contribution is 0.0779. The number of thiazole rings is 1. The van der Waals surface area contributed by atoms with Crippen molar-refractivity contribution >= 4 is 22.4 Å². The first kappa shape index (κ1) is 14.3. The molecule has 0 saturated heterocycles. The number of nitrogens with two attached hydrogens (primary N) is 1. The summed E-state index contributed by atoms with van der Waals surface area (Å²) in [4.78, 5) is 17.8. The standard InChI is InChI=1S/C14H17N3O2S/c1-3-19-12-7-5-4-6-10(12)8-17(2)13(18)11-9-20-14(15)16-11/h4-7,9H,3,8H2,1-2H3,(H2,15,16). The highest BCUT2D eigenvalue weighted by Crippen LogP contribution is 2.20. The predicted molar refractivity (Wildman–Crippen MR) is 79.9 cm³/mol. The summed E-state index contributed by atoms with van der Waals surface area (Å²) in [5, 5.41) is 2.07. The zero-order valence-electron chi connectivity index (χ0n) is 11.5. The van der Waals surface area contributed by atoms with Gasteiger partial charge in [-0.25, -0.2) is 4.98 Å². The molecule has 0 aliphatic carbocycles. The smallest absolute Gasteiger partial charge is 0.273 e. The minimum Gasteiger partial charge on any atom is -0.494 e. The molecule has 0 saturated carbocycles. The Kier molecular flexibility index (Phi) is 4.57. The Hall–Kier alpha value is -2.08. The van der Waals surface area contributed by atoms with Crippen molar-refractivity contribution in [2.45, 2.75) is 13.5 Å². The highest BCUT2D eigenvalue weighted by atomic mass is 32.1. The molecule has 0 fully saturated rings. The molecule has 2 rings (SSSR count). The maximum Gasteiger partial charge on any atom is 0.273 e. The Bertz CT molecular complexity index is 598. The van der Waals surface area contributed by atoms with Crippen LogP contribution in [0.25, 0.3) is 0 Å². The van der Waals surface area contributed by atoms with Crippen molar-refractivity contribution < 1.29 is 9.53 Å². The molecule has 0 unspecified atom stereocenters. The minimum absolute atomic E-state index is 0.149. The lowest BCUT2D eigenvalue weighted by Gasteiger charge is -2.18. The van der Waals surface area contributed by atoms with Crippen LogP contribution >= 0.6 is 11.3 Å². The van der Waals surface area contributed by atoms with E-state index in [-0.39, 0.29) is 5.91 Å². The second-order valence-corrected chi connectivity index (χ2v) is 5.16. The summed E-state index contributed by atoms with van der Waals surface area (Å²) in [7, 11) is 1.74. The summed E-state index contributed by atoms with van der Waals surface area (Å²) >= 11 is 1.26. The van der Waals surface area contributed by atoms with Crippen molar-refractivity contribution in [3.05, 3.63) is 40.9 Å². The Morgan fingerprint density at radius 3 is 2.85 bits per heavy atom. The van der Waals surface area contributed by atoms with Gasteiger partial charge in [-0.15, -0.1) is 11.3 Å². The maximum atomic E-state index is 12.2. The molecule has 1 heterocycles. The lowest BCUT2D eigenvalue weighted by atomic mass is 10.2. The first-order chi connectivity index (χ1) is 9.61. The Balaban J connectivity index is 2.11. The fourth-order valence-electron chi connectivity index (χ4n) is 1.84. The van der Waals surface area contributed by atoms with E-state index in [1.165, 1.54) is 11.3 Å². The molecule has 2 aromatic rings. The summed E-state index contributed by atoms with van der Waals surface area (Å²) in [5.41, 5.74) is 6.89. The van der Waals surface area contributed by atoms with E-state index in [4.69, 9.17) is 10.5 Å². The van der Waals surface area contributed by atoms with Crippen molar-refractivity contribution in [2.75, 3.05) is 19.4 Å². The summed E-state index contributed by atoms with van der Waals surface area (Å²) < 4.78 is 5.56. The molecule has 0 atom stereocenters. The summed E-state index contributed by atoms with van der Waals surface area (Å²) in [5.74, 6) is 0.650. The van der Waals surface area contributed by atoms with Crippen LogP contribution in [0, 0.1) is 0 Å². The molecule has 1 amide bonds. The van der Waals surface area contributed by atoms with Crippen LogP contribution in [-0.4, -0.2) is 29.4 Å². The minimum atomic E-state index is -0.149. The van der Waals surface area contributed by atoms with Crippen LogP contribution in [0.5, 0.6) is 5.75 Å². The van der Waals surface area contributed by atoms with Crippen molar-refractivity contribution in [1.82, 2.24) is 9.88 Å². The average molecular weight is 291 g/mol. The van der Waals surface area contributed by atoms with Gasteiger partial charge in [0, 0.05) is 24.5 Å². The molecule has 0 aliphatic heterocycles. The number of hydrogen-bond acceptors (Lipinski definition) is 5. The molecule has 2 N–H and O–H groups in total. The molecule has 0 radical (unpaired) electrons. The monoisotopic (exact) mass is 291 g/mol. The number of rotatable bonds is 5. The van der Waals surface area contributed by atoms with E-state index in [1.54, 1.807) is 17.3 Å². The van der Waals surface area contributed by atoms with Crippen LogP contribution in [0.1, 0.15) is 23.0 Å². The van der Waals surface area contributed by atoms with E-state index in [9.17, 15) is 4.79 Å². The number of amides is 1. The largest absolute Gasteiger partial charge is 0.494 e. The normalized spacial score (nSPS) is 10.3. The third-order valence-electron chi connectivity index (χ3n) is 2.77. The van der Waals surface area contributed by atoms with Gasteiger partial charge in [0.1, 0.15) is 11.4 Å². The van der Waals surface area contributed by atoms with Crippen LogP contribution in [0.2, 0.25) is 0 Å². The average Bonchev–Trinajstić information content (AvgIpc) is 2.87. The van der Waals surface area contributed by atoms with Gasteiger partial charge in [0.25, 0.3) is 5.91 Å². The van der Waals surface area contributed by atoms with Crippen molar-refractivity contribution in [2.24, 2.45) is 0 Å². The third kappa shape index (κ3) is 3.27. The van der Waals surface area contributed by atoms with Gasteiger partial charge in [-0.2, -0.15) is 0 Å². The van der Waals surface area contributed by atoms with Crippen molar-refractivity contribution in [1.29, 1.82) is 0 Å². The molecular formula is C14H17N3O2S. The molecule has 0 bridgehead atoms. The van der Waals surface area contributed by atoms with Crippen LogP contribution < -0.4 is 10.5 Å².